The standard InChI is InChI=1S/C30H35ClN4O6/c1-21-6-5-7-23(18-21)20-41-29-32-27-26(35(29)19-22-9-11-24(31)12-10-22)28(36)34(30(37)33(27)2)13-15-38-16-17-40-25-8-3-4-14-39-25/h5-7,9-12,18,25H,3-4,8,13-17,19-20H2,1-2H3. The van der Waals surface area contributed by atoms with Gasteiger partial charge in [-0.2, -0.15) is 4.98 Å². The molecule has 0 saturated carbocycles. The van der Waals surface area contributed by atoms with Crippen molar-refractivity contribution in [3.8, 4) is 6.01 Å². The molecule has 1 saturated heterocycles. The lowest BCUT2D eigenvalue weighted by molar-refractivity contribution is -0.169. The summed E-state index contributed by atoms with van der Waals surface area (Å²) in [6.07, 6.45) is 2.84. The molecule has 0 spiro atoms. The van der Waals surface area contributed by atoms with Crippen molar-refractivity contribution in [2.24, 2.45) is 7.05 Å². The first kappa shape index (κ1) is 29.1. The topological polar surface area (TPSA) is 98.7 Å². The molecule has 218 valence electrons. The molecule has 1 aliphatic heterocycles. The predicted molar refractivity (Wildman–Crippen MR) is 156 cm³/mol. The number of aryl methyl sites for hydroxylation is 2. The average molecular weight is 583 g/mol. The minimum atomic E-state index is -0.473. The van der Waals surface area contributed by atoms with Gasteiger partial charge in [-0.1, -0.05) is 53.6 Å². The van der Waals surface area contributed by atoms with Crippen LogP contribution in [0.5, 0.6) is 6.01 Å². The number of halogens is 1. The summed E-state index contributed by atoms with van der Waals surface area (Å²) in [5, 5.41) is 0.613. The molecule has 4 aromatic rings. The smallest absolute Gasteiger partial charge is 0.332 e. The van der Waals surface area contributed by atoms with Gasteiger partial charge < -0.3 is 18.9 Å². The normalized spacial score (nSPS) is 15.4. The minimum Gasteiger partial charge on any atom is -0.460 e. The fraction of sp³-hybridized carbons (Fsp3) is 0.433. The monoisotopic (exact) mass is 582 g/mol. The van der Waals surface area contributed by atoms with Gasteiger partial charge in [0, 0.05) is 18.7 Å². The molecule has 11 heteroatoms. The molecule has 1 fully saturated rings. The Morgan fingerprint density at radius 3 is 2.61 bits per heavy atom. The molecule has 0 radical (unpaired) electrons. The lowest BCUT2D eigenvalue weighted by Crippen LogP contribution is -2.40. The number of rotatable bonds is 12. The molecule has 0 aliphatic carbocycles. The molecule has 1 atom stereocenters. The van der Waals surface area contributed by atoms with Gasteiger partial charge in [0.1, 0.15) is 6.61 Å². The molecule has 0 N–H and O–H groups in total. The van der Waals surface area contributed by atoms with Gasteiger partial charge in [-0.25, -0.2) is 4.79 Å². The van der Waals surface area contributed by atoms with Crippen molar-refractivity contribution in [2.75, 3.05) is 26.4 Å². The Morgan fingerprint density at radius 2 is 1.85 bits per heavy atom. The summed E-state index contributed by atoms with van der Waals surface area (Å²) in [5.41, 5.74) is 2.59. The first-order valence-corrected chi connectivity index (χ1v) is 14.2. The van der Waals surface area contributed by atoms with E-state index >= 15 is 0 Å². The highest BCUT2D eigenvalue weighted by Gasteiger charge is 2.22. The van der Waals surface area contributed by atoms with Gasteiger partial charge in [-0.05, 0) is 49.4 Å². The Balaban J connectivity index is 1.38. The summed E-state index contributed by atoms with van der Waals surface area (Å²) in [6.45, 7) is 4.28. The molecular weight excluding hydrogens is 548 g/mol. The zero-order chi connectivity index (χ0) is 28.8. The first-order chi connectivity index (χ1) is 19.9. The van der Waals surface area contributed by atoms with Crippen LogP contribution in [0.15, 0.2) is 58.1 Å². The van der Waals surface area contributed by atoms with Crippen LogP contribution in [-0.4, -0.2) is 51.4 Å². The second kappa shape index (κ2) is 13.5. The maximum Gasteiger partial charge on any atom is 0.332 e. The average Bonchev–Trinajstić information content (AvgIpc) is 3.34. The van der Waals surface area contributed by atoms with E-state index in [0.29, 0.717) is 31.4 Å². The third-order valence-corrected chi connectivity index (χ3v) is 7.28. The van der Waals surface area contributed by atoms with Crippen LogP contribution in [0.25, 0.3) is 11.2 Å². The van der Waals surface area contributed by atoms with Crippen molar-refractivity contribution in [3.05, 3.63) is 91.1 Å². The van der Waals surface area contributed by atoms with E-state index in [1.54, 1.807) is 23.7 Å². The van der Waals surface area contributed by atoms with E-state index in [1.165, 1.54) is 9.13 Å². The summed E-state index contributed by atoms with van der Waals surface area (Å²) >= 11 is 6.09. The van der Waals surface area contributed by atoms with Crippen molar-refractivity contribution in [1.82, 2.24) is 18.7 Å². The van der Waals surface area contributed by atoms with E-state index in [2.05, 4.69) is 4.98 Å². The highest BCUT2D eigenvalue weighted by molar-refractivity contribution is 6.30. The van der Waals surface area contributed by atoms with Gasteiger partial charge in [0.15, 0.2) is 17.5 Å². The molecule has 1 aliphatic rings. The number of hydrogen-bond acceptors (Lipinski definition) is 7. The van der Waals surface area contributed by atoms with Crippen molar-refractivity contribution in [2.45, 2.75) is 52.2 Å². The number of hydrogen-bond donors (Lipinski definition) is 0. The molecule has 5 rings (SSSR count). The van der Waals surface area contributed by atoms with Gasteiger partial charge >= 0.3 is 5.69 Å². The predicted octanol–water partition coefficient (Wildman–Crippen LogP) is 4.05. The van der Waals surface area contributed by atoms with E-state index in [9.17, 15) is 9.59 Å². The molecule has 10 nitrogen and oxygen atoms in total. The van der Waals surface area contributed by atoms with Crippen LogP contribution in [0.2, 0.25) is 5.02 Å². The van der Waals surface area contributed by atoms with E-state index in [-0.39, 0.29) is 43.2 Å². The highest BCUT2D eigenvalue weighted by atomic mass is 35.5. The lowest BCUT2D eigenvalue weighted by atomic mass is 10.1. The second-order valence-corrected chi connectivity index (χ2v) is 10.6. The molecule has 0 bridgehead atoms. The van der Waals surface area contributed by atoms with Crippen molar-refractivity contribution in [3.63, 3.8) is 0 Å². The van der Waals surface area contributed by atoms with Crippen LogP contribution < -0.4 is 16.0 Å². The van der Waals surface area contributed by atoms with Gasteiger partial charge in [0.2, 0.25) is 0 Å². The van der Waals surface area contributed by atoms with Crippen molar-refractivity contribution in [1.29, 1.82) is 0 Å². The van der Waals surface area contributed by atoms with Crippen LogP contribution in [0, 0.1) is 6.92 Å². The summed E-state index contributed by atoms with van der Waals surface area (Å²) in [6, 6.07) is 15.6. The molecule has 3 heterocycles. The Kier molecular flexibility index (Phi) is 9.56. The Labute approximate surface area is 243 Å². The number of ether oxygens (including phenoxy) is 4. The number of fused-ring (bicyclic) bond motifs is 1. The third-order valence-electron chi connectivity index (χ3n) is 7.03. The third kappa shape index (κ3) is 7.08. The summed E-state index contributed by atoms with van der Waals surface area (Å²) < 4.78 is 27.3. The van der Waals surface area contributed by atoms with Crippen molar-refractivity contribution < 1.29 is 18.9 Å². The molecule has 2 aromatic carbocycles. The van der Waals surface area contributed by atoms with Gasteiger partial charge in [0.05, 0.1) is 32.9 Å². The van der Waals surface area contributed by atoms with E-state index in [4.69, 9.17) is 30.5 Å². The SMILES string of the molecule is Cc1cccc(COc2nc3c(c(=O)n(CCOCCOC4CCCCO4)c(=O)n3C)n2Cc2ccc(Cl)cc2)c1. The summed E-state index contributed by atoms with van der Waals surface area (Å²) in [7, 11) is 1.60. The molecule has 1 unspecified atom stereocenters. The van der Waals surface area contributed by atoms with Crippen LogP contribution >= 0.6 is 11.6 Å². The fourth-order valence-corrected chi connectivity index (χ4v) is 4.99. The number of nitrogens with zero attached hydrogens (tertiary/aromatic N) is 4. The van der Waals surface area contributed by atoms with E-state index in [0.717, 1.165) is 36.0 Å². The zero-order valence-electron chi connectivity index (χ0n) is 23.4. The van der Waals surface area contributed by atoms with Crippen molar-refractivity contribution >= 4 is 22.8 Å². The van der Waals surface area contributed by atoms with Crippen LogP contribution in [0.4, 0.5) is 0 Å². The molecule has 41 heavy (non-hydrogen) atoms. The molecule has 0 amide bonds. The zero-order valence-corrected chi connectivity index (χ0v) is 24.1. The highest BCUT2D eigenvalue weighted by Crippen LogP contribution is 2.22. The number of aromatic nitrogens is 4. The quantitative estimate of drug-likeness (QED) is 0.232. The summed E-state index contributed by atoms with van der Waals surface area (Å²) in [5.74, 6) is 0. The van der Waals surface area contributed by atoms with E-state index in [1.807, 2.05) is 43.3 Å². The first-order valence-electron chi connectivity index (χ1n) is 13.8. The lowest BCUT2D eigenvalue weighted by Gasteiger charge is -2.22. The van der Waals surface area contributed by atoms with Gasteiger partial charge in [-0.3, -0.25) is 18.5 Å². The largest absolute Gasteiger partial charge is 0.460 e. The second-order valence-electron chi connectivity index (χ2n) is 10.1. The molecular formula is C30H35ClN4O6. The summed E-state index contributed by atoms with van der Waals surface area (Å²) in [4.78, 5) is 31.5. The molecule has 2 aromatic heterocycles. The maximum absolute atomic E-state index is 13.7. The Morgan fingerprint density at radius 1 is 1.02 bits per heavy atom. The fourth-order valence-electron chi connectivity index (χ4n) is 4.87. The van der Waals surface area contributed by atoms with Crippen LogP contribution in [-0.2, 0) is 41.0 Å². The van der Waals surface area contributed by atoms with Gasteiger partial charge in [-0.15, -0.1) is 0 Å². The number of imidazole rings is 1. The Bertz CT molecular complexity index is 1590. The van der Waals surface area contributed by atoms with E-state index < -0.39 is 11.2 Å². The minimum absolute atomic E-state index is 0.0903. The Hall–Kier alpha value is -3.44. The maximum atomic E-state index is 13.7. The number of benzene rings is 2. The van der Waals surface area contributed by atoms with Crippen LogP contribution in [0.3, 0.4) is 0 Å². The van der Waals surface area contributed by atoms with Crippen LogP contribution in [0.1, 0.15) is 36.0 Å². The van der Waals surface area contributed by atoms with Gasteiger partial charge in [0.25, 0.3) is 11.6 Å².